The quantitative estimate of drug-likeness (QED) is 0.403. The van der Waals surface area contributed by atoms with E-state index in [1.807, 2.05) is 35.2 Å². The van der Waals surface area contributed by atoms with E-state index in [1.165, 1.54) is 12.7 Å². The Morgan fingerprint density at radius 2 is 1.86 bits per heavy atom. The molecule has 1 amide bonds. The van der Waals surface area contributed by atoms with Crippen molar-refractivity contribution in [1.29, 1.82) is 5.26 Å². The Morgan fingerprint density at radius 1 is 1.08 bits per heavy atom. The molecule has 0 radical (unpaired) electrons. The third-order valence-electron chi connectivity index (χ3n) is 6.35. The summed E-state index contributed by atoms with van der Waals surface area (Å²) in [5.41, 5.74) is 3.32. The second-order valence-electron chi connectivity index (χ2n) is 8.74. The average Bonchev–Trinajstić information content (AvgIpc) is 3.22. The van der Waals surface area contributed by atoms with E-state index in [0.717, 1.165) is 18.4 Å². The molecule has 1 aliphatic heterocycles. The topological polar surface area (TPSA) is 105 Å². The Hall–Kier alpha value is -4.25. The Morgan fingerprint density at radius 3 is 2.53 bits per heavy atom. The van der Waals surface area contributed by atoms with Gasteiger partial charge in [0.2, 0.25) is 11.8 Å². The maximum absolute atomic E-state index is 13.1. The van der Waals surface area contributed by atoms with E-state index in [9.17, 15) is 9.59 Å². The van der Waals surface area contributed by atoms with Crippen LogP contribution in [0, 0.1) is 17.2 Å². The first-order valence-electron chi connectivity index (χ1n) is 12.0. The first kappa shape index (κ1) is 24.9. The van der Waals surface area contributed by atoms with Crippen LogP contribution in [0.4, 0.5) is 0 Å². The molecule has 8 nitrogen and oxygen atoms in total. The number of likely N-dealkylation sites (tertiary alicyclic amines) is 1. The van der Waals surface area contributed by atoms with Crippen LogP contribution in [0.2, 0.25) is 0 Å². The molecule has 0 aliphatic carbocycles. The standard InChI is InChI=1S/C28H28N4O4/c1-35-27(33)17-23-16-24(32(28(23)34)15-5-8-20-6-3-2-4-7-20)19-36-26-14-13-25(30-31-26)22-11-9-21(18-29)10-12-22/h2-4,6-7,9-14,23-24H,5,8,15-17,19H2,1H3/t23-,24-/m0/s1. The number of hydrogen-bond acceptors (Lipinski definition) is 7. The van der Waals surface area contributed by atoms with Crippen LogP contribution in [0.1, 0.15) is 30.4 Å². The van der Waals surface area contributed by atoms with Crippen LogP contribution in [-0.2, 0) is 20.7 Å². The van der Waals surface area contributed by atoms with Crippen LogP contribution in [-0.4, -0.2) is 53.3 Å². The second kappa shape index (κ2) is 11.9. The van der Waals surface area contributed by atoms with E-state index in [2.05, 4.69) is 28.4 Å². The summed E-state index contributed by atoms with van der Waals surface area (Å²) < 4.78 is 10.7. The minimum absolute atomic E-state index is 0.0377. The highest BCUT2D eigenvalue weighted by Crippen LogP contribution is 2.29. The summed E-state index contributed by atoms with van der Waals surface area (Å²) in [6, 6.07) is 22.7. The Balaban J connectivity index is 1.38. The Kier molecular flexibility index (Phi) is 8.24. The van der Waals surface area contributed by atoms with Crippen molar-refractivity contribution in [2.45, 2.75) is 31.7 Å². The SMILES string of the molecule is COC(=O)C[C@@H]1C[C@@H](COc2ccc(-c3ccc(C#N)cc3)nn2)N(CCCc2ccccc2)C1=O. The largest absolute Gasteiger partial charge is 0.474 e. The number of carbonyl (C=O) groups is 2. The summed E-state index contributed by atoms with van der Waals surface area (Å²) >= 11 is 0. The molecule has 4 rings (SSSR count). The van der Waals surface area contributed by atoms with Gasteiger partial charge in [0.1, 0.15) is 6.61 Å². The molecule has 0 saturated carbocycles. The molecular weight excluding hydrogens is 456 g/mol. The molecule has 2 aromatic carbocycles. The number of ether oxygens (including phenoxy) is 2. The van der Waals surface area contributed by atoms with Crippen molar-refractivity contribution >= 4 is 11.9 Å². The van der Waals surface area contributed by atoms with Gasteiger partial charge in [-0.1, -0.05) is 42.5 Å². The number of aryl methyl sites for hydroxylation is 1. The lowest BCUT2D eigenvalue weighted by atomic mass is 10.0. The average molecular weight is 485 g/mol. The summed E-state index contributed by atoms with van der Waals surface area (Å²) in [6.45, 7) is 0.850. The van der Waals surface area contributed by atoms with Gasteiger partial charge in [-0.15, -0.1) is 10.2 Å². The number of hydrogen-bond donors (Lipinski definition) is 0. The lowest BCUT2D eigenvalue weighted by Crippen LogP contribution is -2.38. The van der Waals surface area contributed by atoms with E-state index < -0.39 is 5.92 Å². The molecule has 1 aromatic heterocycles. The number of esters is 1. The number of nitrogens with zero attached hydrogens (tertiary/aromatic N) is 4. The van der Waals surface area contributed by atoms with Gasteiger partial charge in [-0.25, -0.2) is 0 Å². The predicted octanol–water partition coefficient (Wildman–Crippen LogP) is 3.81. The van der Waals surface area contributed by atoms with Crippen LogP contribution >= 0.6 is 0 Å². The molecule has 3 aromatic rings. The molecular formula is C28H28N4O4. The molecule has 8 heteroatoms. The molecule has 0 unspecified atom stereocenters. The molecule has 1 saturated heterocycles. The van der Waals surface area contributed by atoms with E-state index in [4.69, 9.17) is 14.7 Å². The van der Waals surface area contributed by atoms with Gasteiger partial charge in [-0.3, -0.25) is 9.59 Å². The molecule has 0 N–H and O–H groups in total. The molecule has 0 bridgehead atoms. The van der Waals surface area contributed by atoms with E-state index >= 15 is 0 Å². The summed E-state index contributed by atoms with van der Waals surface area (Å²) in [5.74, 6) is -0.471. The third-order valence-corrected chi connectivity index (χ3v) is 6.35. The molecule has 184 valence electrons. The van der Waals surface area contributed by atoms with Crippen LogP contribution in [0.3, 0.4) is 0 Å². The van der Waals surface area contributed by atoms with Gasteiger partial charge in [0.05, 0.1) is 42.8 Å². The van der Waals surface area contributed by atoms with Crippen molar-refractivity contribution in [1.82, 2.24) is 15.1 Å². The number of benzene rings is 2. The third kappa shape index (κ3) is 6.25. The zero-order chi connectivity index (χ0) is 25.3. The van der Waals surface area contributed by atoms with Crippen molar-refractivity contribution in [2.75, 3.05) is 20.3 Å². The van der Waals surface area contributed by atoms with E-state index in [0.29, 0.717) is 30.1 Å². The van der Waals surface area contributed by atoms with Crippen molar-refractivity contribution in [2.24, 2.45) is 5.92 Å². The van der Waals surface area contributed by atoms with Crippen LogP contribution < -0.4 is 4.74 Å². The first-order chi connectivity index (χ1) is 17.6. The van der Waals surface area contributed by atoms with Gasteiger partial charge in [-0.05, 0) is 43.0 Å². The number of carbonyl (C=O) groups excluding carboxylic acids is 2. The summed E-state index contributed by atoms with van der Waals surface area (Å²) in [5, 5.41) is 17.4. The fraction of sp³-hybridized carbons (Fsp3) is 0.321. The van der Waals surface area contributed by atoms with Gasteiger partial charge in [-0.2, -0.15) is 5.26 Å². The summed E-state index contributed by atoms with van der Waals surface area (Å²) in [7, 11) is 1.33. The number of nitriles is 1. The fourth-order valence-electron chi connectivity index (χ4n) is 4.42. The van der Waals surface area contributed by atoms with Gasteiger partial charge >= 0.3 is 5.97 Å². The van der Waals surface area contributed by atoms with Gasteiger partial charge in [0.25, 0.3) is 0 Å². The molecule has 2 heterocycles. The zero-order valence-electron chi connectivity index (χ0n) is 20.2. The van der Waals surface area contributed by atoms with E-state index in [1.54, 1.807) is 24.3 Å². The van der Waals surface area contributed by atoms with Crippen molar-refractivity contribution in [3.63, 3.8) is 0 Å². The maximum atomic E-state index is 13.1. The monoisotopic (exact) mass is 484 g/mol. The summed E-state index contributed by atoms with van der Waals surface area (Å²) in [6.07, 6.45) is 2.27. The number of methoxy groups -OCH3 is 1. The lowest BCUT2D eigenvalue weighted by Gasteiger charge is -2.24. The molecule has 0 spiro atoms. The van der Waals surface area contributed by atoms with E-state index in [-0.39, 0.29) is 30.9 Å². The second-order valence-corrected chi connectivity index (χ2v) is 8.74. The maximum Gasteiger partial charge on any atom is 0.306 e. The van der Waals surface area contributed by atoms with Crippen LogP contribution in [0.25, 0.3) is 11.3 Å². The lowest BCUT2D eigenvalue weighted by molar-refractivity contribution is -0.144. The van der Waals surface area contributed by atoms with Gasteiger partial charge < -0.3 is 14.4 Å². The molecule has 36 heavy (non-hydrogen) atoms. The zero-order valence-corrected chi connectivity index (χ0v) is 20.2. The Bertz CT molecular complexity index is 1210. The van der Waals surface area contributed by atoms with Crippen LogP contribution in [0.5, 0.6) is 5.88 Å². The number of aromatic nitrogens is 2. The first-order valence-corrected chi connectivity index (χ1v) is 12.0. The van der Waals surface area contributed by atoms with Crippen LogP contribution in [0.15, 0.2) is 66.7 Å². The highest BCUT2D eigenvalue weighted by Gasteiger charge is 2.40. The number of rotatable bonds is 10. The highest BCUT2D eigenvalue weighted by molar-refractivity contribution is 5.85. The minimum Gasteiger partial charge on any atom is -0.474 e. The molecule has 2 atom stereocenters. The summed E-state index contributed by atoms with van der Waals surface area (Å²) in [4.78, 5) is 26.7. The van der Waals surface area contributed by atoms with Gasteiger partial charge in [0, 0.05) is 18.2 Å². The van der Waals surface area contributed by atoms with Crippen molar-refractivity contribution in [3.05, 3.63) is 77.9 Å². The fourth-order valence-corrected chi connectivity index (χ4v) is 4.42. The molecule has 1 fully saturated rings. The Labute approximate surface area is 210 Å². The molecule has 1 aliphatic rings. The highest BCUT2D eigenvalue weighted by atomic mass is 16.5. The predicted molar refractivity (Wildman–Crippen MR) is 133 cm³/mol. The van der Waals surface area contributed by atoms with Crippen molar-refractivity contribution < 1.29 is 19.1 Å². The number of amides is 1. The van der Waals surface area contributed by atoms with Crippen molar-refractivity contribution in [3.8, 4) is 23.2 Å². The smallest absolute Gasteiger partial charge is 0.306 e. The minimum atomic E-state index is -0.410. The van der Waals surface area contributed by atoms with Gasteiger partial charge in [0.15, 0.2) is 0 Å². The normalized spacial score (nSPS) is 17.0.